The number of carbonyl (C=O) groups is 1. The molecule has 3 aliphatic heterocycles. The fraction of sp³-hybridized carbons (Fsp3) is 0.583. The van der Waals surface area contributed by atoms with Gasteiger partial charge in [0.15, 0.2) is 0 Å². The van der Waals surface area contributed by atoms with E-state index in [1.807, 2.05) is 18.5 Å². The van der Waals surface area contributed by atoms with Gasteiger partial charge in [0.25, 0.3) is 0 Å². The average Bonchev–Trinajstić information content (AvgIpc) is 3.24. The molecule has 3 fully saturated rings. The number of piperazine rings is 1. The van der Waals surface area contributed by atoms with Gasteiger partial charge in [-0.1, -0.05) is 19.3 Å². The highest BCUT2D eigenvalue weighted by atomic mass is 16.2. The van der Waals surface area contributed by atoms with Crippen molar-refractivity contribution in [1.82, 2.24) is 25.2 Å². The standard InChI is InChI=1S/C24H32N8O/c1-31-9-11-32(12-10-31)16-5-6-18(25-13-16)29-23-26-14-17-20(30-23)19-21(28-17)22(33)27-15-24(19)7-3-2-4-8-24/h5-6,13-14,19,21,28H,2-4,7-12,15H2,1H3,(H,27,33)(H,25,26,29,30). The van der Waals surface area contributed by atoms with Crippen LogP contribution < -0.4 is 20.9 Å². The molecule has 9 nitrogen and oxygen atoms in total. The molecule has 9 heteroatoms. The number of likely N-dealkylation sites (N-methyl/N-ethyl adjacent to an activating group) is 1. The molecular formula is C24H32N8O. The Bertz CT molecular complexity index is 1030. The van der Waals surface area contributed by atoms with Crippen LogP contribution in [0.2, 0.25) is 0 Å². The first-order chi connectivity index (χ1) is 16.1. The van der Waals surface area contributed by atoms with Crippen molar-refractivity contribution in [2.24, 2.45) is 5.41 Å². The minimum Gasteiger partial charge on any atom is -0.370 e. The van der Waals surface area contributed by atoms with Gasteiger partial charge in [0.2, 0.25) is 11.9 Å². The number of anilines is 4. The molecule has 2 unspecified atom stereocenters. The molecule has 1 aliphatic carbocycles. The van der Waals surface area contributed by atoms with Crippen LogP contribution in [0.15, 0.2) is 24.5 Å². The summed E-state index contributed by atoms with van der Waals surface area (Å²) < 4.78 is 0. The first-order valence-corrected chi connectivity index (χ1v) is 12.2. The highest BCUT2D eigenvalue weighted by Gasteiger charge is 2.54. The van der Waals surface area contributed by atoms with E-state index in [-0.39, 0.29) is 23.3 Å². The fourth-order valence-corrected chi connectivity index (χ4v) is 6.13. The molecule has 4 aliphatic rings. The average molecular weight is 449 g/mol. The first-order valence-electron chi connectivity index (χ1n) is 12.2. The normalized spacial score (nSPS) is 26.3. The van der Waals surface area contributed by atoms with Crippen LogP contribution in [0.1, 0.15) is 43.7 Å². The number of carbonyl (C=O) groups excluding carboxylic acids is 1. The SMILES string of the molecule is CN1CCN(c2ccc(Nc3ncc4c(n3)C3C(N4)C(=O)NCC34CCCCC4)nc2)CC1. The van der Waals surface area contributed by atoms with E-state index in [9.17, 15) is 4.79 Å². The van der Waals surface area contributed by atoms with Gasteiger partial charge >= 0.3 is 0 Å². The number of piperidine rings is 1. The van der Waals surface area contributed by atoms with Crippen molar-refractivity contribution in [3.63, 3.8) is 0 Å². The lowest BCUT2D eigenvalue weighted by Gasteiger charge is -2.47. The van der Waals surface area contributed by atoms with Gasteiger partial charge < -0.3 is 25.8 Å². The summed E-state index contributed by atoms with van der Waals surface area (Å²) in [7, 11) is 2.16. The Morgan fingerprint density at radius 2 is 1.88 bits per heavy atom. The van der Waals surface area contributed by atoms with Gasteiger partial charge in [-0.15, -0.1) is 0 Å². The molecule has 5 heterocycles. The summed E-state index contributed by atoms with van der Waals surface area (Å²) in [5.74, 6) is 1.43. The van der Waals surface area contributed by atoms with E-state index in [2.05, 4.69) is 48.8 Å². The van der Waals surface area contributed by atoms with Gasteiger partial charge in [-0.25, -0.2) is 15.0 Å². The molecule has 1 saturated carbocycles. The molecule has 174 valence electrons. The maximum Gasteiger partial charge on any atom is 0.243 e. The molecule has 1 amide bonds. The first kappa shape index (κ1) is 20.7. The van der Waals surface area contributed by atoms with Crippen LogP contribution >= 0.6 is 0 Å². The van der Waals surface area contributed by atoms with Crippen molar-refractivity contribution in [1.29, 1.82) is 0 Å². The molecular weight excluding hydrogens is 416 g/mol. The number of aromatic nitrogens is 3. The summed E-state index contributed by atoms with van der Waals surface area (Å²) in [5, 5.41) is 9.84. The highest BCUT2D eigenvalue weighted by molar-refractivity contribution is 5.89. The molecule has 33 heavy (non-hydrogen) atoms. The third-order valence-electron chi connectivity index (χ3n) is 8.02. The zero-order valence-electron chi connectivity index (χ0n) is 19.2. The van der Waals surface area contributed by atoms with Crippen molar-refractivity contribution in [3.05, 3.63) is 30.2 Å². The summed E-state index contributed by atoms with van der Waals surface area (Å²) in [6.45, 7) is 4.92. The third-order valence-corrected chi connectivity index (χ3v) is 8.02. The zero-order chi connectivity index (χ0) is 22.4. The number of pyridine rings is 1. The monoisotopic (exact) mass is 448 g/mol. The molecule has 0 aromatic carbocycles. The Balaban J connectivity index is 1.23. The molecule has 1 spiro atoms. The van der Waals surface area contributed by atoms with Gasteiger partial charge in [0.1, 0.15) is 11.9 Å². The number of nitrogens with one attached hydrogen (secondary N) is 3. The summed E-state index contributed by atoms with van der Waals surface area (Å²) in [4.78, 5) is 31.4. The maximum atomic E-state index is 12.7. The molecule has 2 atom stereocenters. The molecule has 2 saturated heterocycles. The van der Waals surface area contributed by atoms with Gasteiger partial charge in [0, 0.05) is 38.6 Å². The van der Waals surface area contributed by atoms with E-state index in [1.165, 1.54) is 19.3 Å². The number of rotatable bonds is 3. The maximum absolute atomic E-state index is 12.7. The van der Waals surface area contributed by atoms with E-state index >= 15 is 0 Å². The number of nitrogens with zero attached hydrogens (tertiary/aromatic N) is 5. The van der Waals surface area contributed by atoms with E-state index in [4.69, 9.17) is 4.98 Å². The second kappa shape index (κ2) is 8.13. The zero-order valence-corrected chi connectivity index (χ0v) is 19.2. The minimum atomic E-state index is -0.252. The second-order valence-corrected chi connectivity index (χ2v) is 10.1. The fourth-order valence-electron chi connectivity index (χ4n) is 6.13. The Kier molecular flexibility index (Phi) is 5.09. The number of hydrogen-bond acceptors (Lipinski definition) is 8. The highest BCUT2D eigenvalue weighted by Crippen LogP contribution is 2.54. The van der Waals surface area contributed by atoms with E-state index < -0.39 is 0 Å². The molecule has 3 N–H and O–H groups in total. The van der Waals surface area contributed by atoms with Crippen LogP contribution in [-0.2, 0) is 4.79 Å². The number of fused-ring (bicyclic) bond motifs is 4. The summed E-state index contributed by atoms with van der Waals surface area (Å²) >= 11 is 0. The molecule has 2 aromatic rings. The Hall–Kier alpha value is -2.94. The van der Waals surface area contributed by atoms with Crippen LogP contribution in [0, 0.1) is 5.41 Å². The van der Waals surface area contributed by atoms with Gasteiger partial charge in [-0.2, -0.15) is 0 Å². The van der Waals surface area contributed by atoms with Crippen LogP contribution in [0.5, 0.6) is 0 Å². The van der Waals surface area contributed by atoms with Gasteiger partial charge in [-0.3, -0.25) is 4.79 Å². The van der Waals surface area contributed by atoms with Crippen LogP contribution in [0.25, 0.3) is 0 Å². The molecule has 0 radical (unpaired) electrons. The summed E-state index contributed by atoms with van der Waals surface area (Å²) in [6.07, 6.45) is 9.71. The van der Waals surface area contributed by atoms with E-state index in [0.29, 0.717) is 5.95 Å². The molecule has 2 aromatic heterocycles. The third kappa shape index (κ3) is 3.68. The van der Waals surface area contributed by atoms with Crippen LogP contribution in [0.4, 0.5) is 23.1 Å². The van der Waals surface area contributed by atoms with Crippen molar-refractivity contribution < 1.29 is 4.79 Å². The lowest BCUT2D eigenvalue weighted by molar-refractivity contribution is -0.126. The van der Waals surface area contributed by atoms with Crippen LogP contribution in [-0.4, -0.2) is 71.6 Å². The second-order valence-electron chi connectivity index (χ2n) is 10.1. The predicted octanol–water partition coefficient (Wildman–Crippen LogP) is 2.32. The quantitative estimate of drug-likeness (QED) is 0.658. The summed E-state index contributed by atoms with van der Waals surface area (Å²) in [6, 6.07) is 3.84. The van der Waals surface area contributed by atoms with Crippen molar-refractivity contribution >= 4 is 29.0 Å². The predicted molar refractivity (Wildman–Crippen MR) is 128 cm³/mol. The Labute approximate surface area is 194 Å². The lowest BCUT2D eigenvalue weighted by atomic mass is 9.61. The van der Waals surface area contributed by atoms with E-state index in [1.54, 1.807) is 0 Å². The van der Waals surface area contributed by atoms with Crippen molar-refractivity contribution in [2.75, 3.05) is 55.3 Å². The number of amides is 1. The van der Waals surface area contributed by atoms with E-state index in [0.717, 1.165) is 68.5 Å². The largest absolute Gasteiger partial charge is 0.370 e. The molecule has 6 rings (SSSR count). The topological polar surface area (TPSA) is 98.3 Å². The Morgan fingerprint density at radius 3 is 2.64 bits per heavy atom. The minimum absolute atomic E-state index is 0.0740. The van der Waals surface area contributed by atoms with Crippen LogP contribution in [0.3, 0.4) is 0 Å². The smallest absolute Gasteiger partial charge is 0.243 e. The van der Waals surface area contributed by atoms with Crippen molar-refractivity contribution in [2.45, 2.75) is 44.1 Å². The van der Waals surface area contributed by atoms with Gasteiger partial charge in [0.05, 0.1) is 29.5 Å². The number of hydrogen-bond donors (Lipinski definition) is 3. The Morgan fingerprint density at radius 1 is 1.06 bits per heavy atom. The van der Waals surface area contributed by atoms with Gasteiger partial charge in [-0.05, 0) is 37.4 Å². The lowest BCUT2D eigenvalue weighted by Crippen LogP contribution is -2.57. The van der Waals surface area contributed by atoms with Crippen molar-refractivity contribution in [3.8, 4) is 0 Å². The molecule has 0 bridgehead atoms. The summed E-state index contributed by atoms with van der Waals surface area (Å²) in [5.41, 5.74) is 3.09.